The van der Waals surface area contributed by atoms with Gasteiger partial charge in [-0.3, -0.25) is 4.98 Å². The zero-order chi connectivity index (χ0) is 14.9. The molecule has 22 heavy (non-hydrogen) atoms. The van der Waals surface area contributed by atoms with Crippen molar-refractivity contribution in [3.05, 3.63) is 65.7 Å². The van der Waals surface area contributed by atoms with Gasteiger partial charge < -0.3 is 5.32 Å². The molecular weight excluding hydrogens is 298 g/mol. The third kappa shape index (κ3) is 2.25. The Labute approximate surface area is 131 Å². The molecule has 4 rings (SSSR count). The van der Waals surface area contributed by atoms with Gasteiger partial charge in [-0.15, -0.1) is 0 Å². The van der Waals surface area contributed by atoms with Crippen molar-refractivity contribution in [1.82, 2.24) is 19.6 Å². The van der Waals surface area contributed by atoms with E-state index < -0.39 is 0 Å². The molecule has 0 aliphatic heterocycles. The summed E-state index contributed by atoms with van der Waals surface area (Å²) in [5, 5.41) is 9.45. The summed E-state index contributed by atoms with van der Waals surface area (Å²) in [6, 6.07) is 11.5. The highest BCUT2D eigenvalue weighted by atomic mass is 35.5. The molecule has 3 aromatic heterocycles. The number of nitrogens with one attached hydrogen (secondary N) is 1. The van der Waals surface area contributed by atoms with E-state index in [0.717, 1.165) is 27.9 Å². The molecule has 0 atom stereocenters. The molecule has 0 spiro atoms. The molecule has 0 unspecified atom stereocenters. The summed E-state index contributed by atoms with van der Waals surface area (Å²) < 4.78 is 1.83. The summed E-state index contributed by atoms with van der Waals surface area (Å²) in [5.74, 6) is 0. The van der Waals surface area contributed by atoms with E-state index in [1.54, 1.807) is 18.6 Å². The lowest BCUT2D eigenvalue weighted by Crippen LogP contribution is -2.06. The first-order valence-corrected chi connectivity index (χ1v) is 7.25. The van der Waals surface area contributed by atoms with E-state index in [-0.39, 0.29) is 0 Å². The molecule has 0 aliphatic rings. The Bertz CT molecular complexity index is 963. The molecule has 0 saturated heterocycles. The van der Waals surface area contributed by atoms with Crippen LogP contribution in [0.1, 0.15) is 5.69 Å². The number of benzene rings is 1. The Kier molecular flexibility index (Phi) is 3.12. The molecule has 4 aromatic rings. The molecule has 0 amide bonds. The van der Waals surface area contributed by atoms with Crippen molar-refractivity contribution in [3.63, 3.8) is 0 Å². The molecule has 0 fully saturated rings. The number of anilines is 1. The highest BCUT2D eigenvalue weighted by Gasteiger charge is 2.05. The van der Waals surface area contributed by atoms with Gasteiger partial charge in [0.05, 0.1) is 24.0 Å². The van der Waals surface area contributed by atoms with Crippen LogP contribution in [-0.2, 0) is 6.54 Å². The van der Waals surface area contributed by atoms with E-state index >= 15 is 0 Å². The minimum absolute atomic E-state index is 0.641. The zero-order valence-electron chi connectivity index (χ0n) is 11.6. The number of rotatable bonds is 3. The summed E-state index contributed by atoms with van der Waals surface area (Å²) in [5.41, 5.74) is 3.76. The highest BCUT2D eigenvalue weighted by molar-refractivity contribution is 6.31. The van der Waals surface area contributed by atoms with Crippen LogP contribution < -0.4 is 5.32 Å². The highest BCUT2D eigenvalue weighted by Crippen LogP contribution is 2.24. The minimum Gasteiger partial charge on any atom is -0.379 e. The molecule has 0 bridgehead atoms. The first-order valence-electron chi connectivity index (χ1n) is 6.87. The van der Waals surface area contributed by atoms with Crippen LogP contribution in [0.15, 0.2) is 55.0 Å². The van der Waals surface area contributed by atoms with Crippen LogP contribution in [0.3, 0.4) is 0 Å². The van der Waals surface area contributed by atoms with Gasteiger partial charge in [-0.2, -0.15) is 5.10 Å². The van der Waals surface area contributed by atoms with Gasteiger partial charge in [0.2, 0.25) is 0 Å². The molecule has 1 N–H and O–H groups in total. The number of pyridine rings is 1. The van der Waals surface area contributed by atoms with Crippen molar-refractivity contribution in [2.45, 2.75) is 6.54 Å². The topological polar surface area (TPSA) is 55.1 Å². The third-order valence-corrected chi connectivity index (χ3v) is 3.77. The molecule has 0 aliphatic carbocycles. The first-order chi connectivity index (χ1) is 10.8. The summed E-state index contributed by atoms with van der Waals surface area (Å²) in [6.07, 6.45) is 5.31. The van der Waals surface area contributed by atoms with Crippen molar-refractivity contribution in [2.24, 2.45) is 0 Å². The molecule has 1 aromatic carbocycles. The standard InChI is InChI=1S/C16H12ClN5/c17-11-1-2-13-14(4-7-18-15(13)9-11)20-10-12-3-6-19-16-5-8-21-22(12)16/h1-9H,10H2,(H,18,20). The second-order valence-electron chi connectivity index (χ2n) is 4.91. The van der Waals surface area contributed by atoms with Crippen molar-refractivity contribution >= 4 is 33.8 Å². The van der Waals surface area contributed by atoms with Crippen LogP contribution in [0.4, 0.5) is 5.69 Å². The summed E-state index contributed by atoms with van der Waals surface area (Å²) >= 11 is 6.02. The second kappa shape index (κ2) is 5.27. The monoisotopic (exact) mass is 309 g/mol. The van der Waals surface area contributed by atoms with Crippen LogP contribution in [0.25, 0.3) is 16.6 Å². The van der Waals surface area contributed by atoms with Gasteiger partial charge >= 0.3 is 0 Å². The Morgan fingerprint density at radius 2 is 1.91 bits per heavy atom. The lowest BCUT2D eigenvalue weighted by molar-refractivity contribution is 0.854. The fraction of sp³-hybridized carbons (Fsp3) is 0.0625. The number of hydrogen-bond donors (Lipinski definition) is 1. The predicted molar refractivity (Wildman–Crippen MR) is 87.1 cm³/mol. The largest absolute Gasteiger partial charge is 0.379 e. The van der Waals surface area contributed by atoms with Crippen LogP contribution in [0.5, 0.6) is 0 Å². The van der Waals surface area contributed by atoms with Crippen molar-refractivity contribution in [1.29, 1.82) is 0 Å². The fourth-order valence-electron chi connectivity index (χ4n) is 2.48. The third-order valence-electron chi connectivity index (χ3n) is 3.53. The average molecular weight is 310 g/mol. The number of aromatic nitrogens is 4. The Morgan fingerprint density at radius 3 is 2.86 bits per heavy atom. The van der Waals surface area contributed by atoms with Crippen LogP contribution in [0.2, 0.25) is 5.02 Å². The maximum Gasteiger partial charge on any atom is 0.155 e. The SMILES string of the molecule is Clc1ccc2c(NCc3ccnc4ccnn34)ccnc2c1. The Morgan fingerprint density at radius 1 is 1.00 bits per heavy atom. The summed E-state index contributed by atoms with van der Waals surface area (Å²) in [4.78, 5) is 8.61. The van der Waals surface area contributed by atoms with Gasteiger partial charge in [0.25, 0.3) is 0 Å². The van der Waals surface area contributed by atoms with Crippen molar-refractivity contribution < 1.29 is 0 Å². The maximum absolute atomic E-state index is 6.02. The fourth-order valence-corrected chi connectivity index (χ4v) is 2.65. The molecule has 0 radical (unpaired) electrons. The van der Waals surface area contributed by atoms with E-state index in [0.29, 0.717) is 11.6 Å². The Balaban J connectivity index is 1.68. The predicted octanol–water partition coefficient (Wildman–Crippen LogP) is 3.54. The normalized spacial score (nSPS) is 11.1. The molecule has 0 saturated carbocycles. The smallest absolute Gasteiger partial charge is 0.155 e. The summed E-state index contributed by atoms with van der Waals surface area (Å²) in [6.45, 7) is 0.641. The van der Waals surface area contributed by atoms with Gasteiger partial charge in [0, 0.05) is 34.6 Å². The molecular formula is C16H12ClN5. The van der Waals surface area contributed by atoms with Gasteiger partial charge in [0.15, 0.2) is 5.65 Å². The van der Waals surface area contributed by atoms with Crippen LogP contribution in [-0.4, -0.2) is 19.6 Å². The summed E-state index contributed by atoms with van der Waals surface area (Å²) in [7, 11) is 0. The molecule has 3 heterocycles. The Hall–Kier alpha value is -2.66. The van der Waals surface area contributed by atoms with E-state index in [2.05, 4.69) is 20.4 Å². The van der Waals surface area contributed by atoms with Crippen molar-refractivity contribution in [2.75, 3.05) is 5.32 Å². The van der Waals surface area contributed by atoms with E-state index in [9.17, 15) is 0 Å². The van der Waals surface area contributed by atoms with E-state index in [4.69, 9.17) is 11.6 Å². The van der Waals surface area contributed by atoms with E-state index in [1.165, 1.54) is 0 Å². The quantitative estimate of drug-likeness (QED) is 0.629. The molecule has 108 valence electrons. The second-order valence-corrected chi connectivity index (χ2v) is 5.35. The lowest BCUT2D eigenvalue weighted by atomic mass is 10.2. The molecule has 6 heteroatoms. The first kappa shape index (κ1) is 13.0. The molecule has 5 nitrogen and oxygen atoms in total. The number of nitrogens with zero attached hydrogens (tertiary/aromatic N) is 4. The van der Waals surface area contributed by atoms with Gasteiger partial charge in [-0.1, -0.05) is 11.6 Å². The van der Waals surface area contributed by atoms with Gasteiger partial charge in [0.1, 0.15) is 0 Å². The zero-order valence-corrected chi connectivity index (χ0v) is 12.3. The van der Waals surface area contributed by atoms with Crippen LogP contribution >= 0.6 is 11.6 Å². The van der Waals surface area contributed by atoms with Gasteiger partial charge in [-0.25, -0.2) is 9.50 Å². The maximum atomic E-state index is 6.02. The lowest BCUT2D eigenvalue weighted by Gasteiger charge is -2.10. The van der Waals surface area contributed by atoms with Crippen LogP contribution in [0, 0.1) is 0 Å². The number of halogens is 1. The van der Waals surface area contributed by atoms with Gasteiger partial charge in [-0.05, 0) is 30.3 Å². The number of hydrogen-bond acceptors (Lipinski definition) is 4. The minimum atomic E-state index is 0.641. The van der Waals surface area contributed by atoms with E-state index in [1.807, 2.05) is 40.9 Å². The number of fused-ring (bicyclic) bond motifs is 2. The average Bonchev–Trinajstić information content (AvgIpc) is 3.01. The van der Waals surface area contributed by atoms with Crippen molar-refractivity contribution in [3.8, 4) is 0 Å².